The average molecular weight is 628 g/mol. The summed E-state index contributed by atoms with van der Waals surface area (Å²) in [6.45, 7) is 13.1. The minimum atomic E-state index is -3.81. The topological polar surface area (TPSA) is 100 Å². The van der Waals surface area contributed by atoms with Crippen molar-refractivity contribution >= 4 is 40.8 Å². The Labute approximate surface area is 255 Å². The van der Waals surface area contributed by atoms with Gasteiger partial charge in [0.05, 0.1) is 17.5 Å². The van der Waals surface area contributed by atoms with E-state index < -0.39 is 36.3 Å². The number of carbonyl (C=O) groups excluding carboxylic acids is 1. The molecule has 1 atom stereocenters. The van der Waals surface area contributed by atoms with E-state index in [1.54, 1.807) is 30.5 Å². The van der Waals surface area contributed by atoms with Crippen molar-refractivity contribution in [1.29, 1.82) is 0 Å². The van der Waals surface area contributed by atoms with Crippen LogP contribution in [0.25, 0.3) is 10.9 Å². The van der Waals surface area contributed by atoms with Crippen molar-refractivity contribution in [3.63, 3.8) is 0 Å². The highest BCUT2D eigenvalue weighted by molar-refractivity contribution is 7.92. The van der Waals surface area contributed by atoms with Gasteiger partial charge in [0.15, 0.2) is 6.23 Å². The quantitative estimate of drug-likeness (QED) is 0.236. The number of aliphatic hydroxyl groups is 1. The number of pyridine rings is 1. The van der Waals surface area contributed by atoms with E-state index in [-0.39, 0.29) is 52.4 Å². The molecular weight excluding hydrogens is 586 g/mol. The molecule has 1 aromatic heterocycles. The first kappa shape index (κ1) is 31.4. The first-order chi connectivity index (χ1) is 20.2. The van der Waals surface area contributed by atoms with Gasteiger partial charge in [-0.15, -0.1) is 0 Å². The number of rotatable bonds is 11. The molecule has 2 heterocycles. The Bertz CT molecular complexity index is 1620. The Morgan fingerprint density at radius 2 is 1.67 bits per heavy atom. The molecule has 1 aliphatic heterocycles. The highest BCUT2D eigenvalue weighted by Crippen LogP contribution is 2.53. The molecule has 1 fully saturated rings. The molecule has 1 N–H and O–H groups in total. The maximum atomic E-state index is 14.4. The van der Waals surface area contributed by atoms with Crippen LogP contribution in [0.1, 0.15) is 82.1 Å². The van der Waals surface area contributed by atoms with Crippen LogP contribution in [0.3, 0.4) is 0 Å². The van der Waals surface area contributed by atoms with Crippen molar-refractivity contribution in [1.82, 2.24) is 9.88 Å². The Kier molecular flexibility index (Phi) is 8.38. The van der Waals surface area contributed by atoms with Gasteiger partial charge in [-0.2, -0.15) is 0 Å². The van der Waals surface area contributed by atoms with Crippen LogP contribution >= 0.6 is 0 Å². The van der Waals surface area contributed by atoms with Gasteiger partial charge in [-0.25, -0.2) is 12.8 Å². The molecule has 0 radical (unpaired) electrons. The van der Waals surface area contributed by atoms with E-state index in [2.05, 4.69) is 41.5 Å². The number of fused-ring (bicyclic) bond motifs is 2. The summed E-state index contributed by atoms with van der Waals surface area (Å²) in [5, 5.41) is 12.4. The van der Waals surface area contributed by atoms with E-state index >= 15 is 0 Å². The van der Waals surface area contributed by atoms with E-state index in [0.717, 1.165) is 19.1 Å². The lowest BCUT2D eigenvalue weighted by atomic mass is 10.00. The number of benzene rings is 2. The van der Waals surface area contributed by atoms with Crippen molar-refractivity contribution in [3.05, 3.63) is 65.1 Å². The Morgan fingerprint density at radius 1 is 1.07 bits per heavy atom. The van der Waals surface area contributed by atoms with Gasteiger partial charge in [-0.05, 0) is 65.2 Å². The second-order valence-corrected chi connectivity index (χ2v) is 20.2. The summed E-state index contributed by atoms with van der Waals surface area (Å²) < 4.78 is 49.0. The molecule has 1 unspecified atom stereocenters. The van der Waals surface area contributed by atoms with Gasteiger partial charge >= 0.3 is 0 Å². The molecule has 1 aliphatic carbocycles. The van der Waals surface area contributed by atoms with E-state index in [9.17, 15) is 22.7 Å². The number of hydrogen-bond donors (Lipinski definition) is 1. The van der Waals surface area contributed by atoms with Crippen LogP contribution < -0.4 is 8.73 Å². The number of amides is 1. The molecule has 1 saturated carbocycles. The van der Waals surface area contributed by atoms with E-state index in [1.165, 1.54) is 21.3 Å². The maximum absolute atomic E-state index is 14.4. The first-order valence-electron chi connectivity index (χ1n) is 15.0. The minimum absolute atomic E-state index is 0.000225. The van der Waals surface area contributed by atoms with Gasteiger partial charge in [0.2, 0.25) is 10.0 Å². The molecule has 1 amide bonds. The van der Waals surface area contributed by atoms with Crippen molar-refractivity contribution in [2.45, 2.75) is 83.8 Å². The minimum Gasteiger partial charge on any atom is -0.541 e. The molecule has 5 rings (SSSR count). The lowest BCUT2D eigenvalue weighted by Gasteiger charge is -2.42. The summed E-state index contributed by atoms with van der Waals surface area (Å²) in [5.74, 6) is -0.380. The summed E-state index contributed by atoms with van der Waals surface area (Å²) in [6.07, 6.45) is 3.14. The van der Waals surface area contributed by atoms with Crippen LogP contribution in [0, 0.1) is 11.7 Å². The number of hydrogen-bond acceptors (Lipinski definition) is 6. The monoisotopic (exact) mass is 627 g/mol. The molecule has 2 aromatic carbocycles. The summed E-state index contributed by atoms with van der Waals surface area (Å²) in [4.78, 5) is 20.4. The van der Waals surface area contributed by atoms with Crippen LogP contribution in [-0.4, -0.2) is 50.4 Å². The molecule has 2 aliphatic rings. The van der Waals surface area contributed by atoms with Crippen molar-refractivity contribution < 1.29 is 27.1 Å². The van der Waals surface area contributed by atoms with Gasteiger partial charge in [0.1, 0.15) is 17.1 Å². The SMILES string of the molecule is CC(C)[Si](Oc1c2c(c(N(CC3CC3)S(C)(=O)=O)c3cccnc13)C(O)N(Cc1ccc(F)cc1)C2=O)(C(C)C)C(C)C. The number of anilines is 1. The number of aliphatic hydroxyl groups excluding tert-OH is 1. The van der Waals surface area contributed by atoms with Gasteiger partial charge in [0, 0.05) is 30.2 Å². The fourth-order valence-corrected chi connectivity index (χ4v) is 13.2. The molecule has 232 valence electrons. The molecule has 3 aromatic rings. The third-order valence-electron chi connectivity index (χ3n) is 9.08. The number of nitrogens with zero attached hydrogens (tertiary/aromatic N) is 3. The second-order valence-electron chi connectivity index (χ2n) is 13.0. The zero-order valence-electron chi connectivity index (χ0n) is 26.0. The van der Waals surface area contributed by atoms with Crippen LogP contribution in [-0.2, 0) is 16.6 Å². The van der Waals surface area contributed by atoms with Gasteiger partial charge < -0.3 is 14.4 Å². The maximum Gasteiger partial charge on any atom is 0.260 e. The highest BCUT2D eigenvalue weighted by atomic mass is 32.2. The molecule has 0 bridgehead atoms. The molecule has 0 spiro atoms. The third-order valence-corrected chi connectivity index (χ3v) is 16.2. The van der Waals surface area contributed by atoms with E-state index in [1.807, 2.05) is 0 Å². The molecule has 11 heteroatoms. The Balaban J connectivity index is 1.82. The molecule has 8 nitrogen and oxygen atoms in total. The smallest absolute Gasteiger partial charge is 0.260 e. The normalized spacial score (nSPS) is 17.4. The van der Waals surface area contributed by atoms with Crippen molar-refractivity contribution in [2.24, 2.45) is 5.92 Å². The summed E-state index contributed by atoms with van der Waals surface area (Å²) in [6, 6.07) is 9.28. The van der Waals surface area contributed by atoms with E-state index in [0.29, 0.717) is 22.2 Å². The lowest BCUT2D eigenvalue weighted by molar-refractivity contribution is 0.0140. The molecular formula is C32H42FN3O5SSi. The average Bonchev–Trinajstić information content (AvgIpc) is 3.72. The predicted molar refractivity (Wildman–Crippen MR) is 170 cm³/mol. The van der Waals surface area contributed by atoms with Crippen molar-refractivity contribution in [3.8, 4) is 5.75 Å². The fourth-order valence-electron chi connectivity index (χ4n) is 6.93. The van der Waals surface area contributed by atoms with Gasteiger partial charge in [-0.3, -0.25) is 14.1 Å². The van der Waals surface area contributed by atoms with Crippen LogP contribution in [0.5, 0.6) is 5.75 Å². The van der Waals surface area contributed by atoms with Crippen LogP contribution in [0.2, 0.25) is 16.6 Å². The zero-order chi connectivity index (χ0) is 31.4. The standard InChI is InChI=1S/C32H42FN3O5SSi/c1-19(2)43(20(3)4,21(5)6)41-30-27-26(31(37)35(32(27)38)17-22-12-14-24(33)15-13-22)29(25-9-8-16-34-28(25)30)36(42(7,39)40)18-23-10-11-23/h8-9,12-16,19-21,23,31,37H,10-11,17-18H2,1-7H3. The van der Waals surface area contributed by atoms with Gasteiger partial charge in [-0.1, -0.05) is 53.7 Å². The summed E-state index contributed by atoms with van der Waals surface area (Å²) >= 11 is 0. The number of sulfonamides is 1. The summed E-state index contributed by atoms with van der Waals surface area (Å²) in [5.41, 5.74) is 2.22. The lowest BCUT2D eigenvalue weighted by Crippen LogP contribution is -2.51. The largest absolute Gasteiger partial charge is 0.541 e. The molecule has 43 heavy (non-hydrogen) atoms. The van der Waals surface area contributed by atoms with Crippen LogP contribution in [0.15, 0.2) is 42.6 Å². The van der Waals surface area contributed by atoms with Gasteiger partial charge in [0.25, 0.3) is 14.2 Å². The number of carbonyl (C=O) groups is 1. The Morgan fingerprint density at radius 3 is 2.21 bits per heavy atom. The third kappa shape index (κ3) is 5.55. The van der Waals surface area contributed by atoms with Crippen LogP contribution in [0.4, 0.5) is 10.1 Å². The second kappa shape index (κ2) is 11.5. The van der Waals surface area contributed by atoms with Crippen molar-refractivity contribution in [2.75, 3.05) is 17.1 Å². The highest BCUT2D eigenvalue weighted by Gasteiger charge is 2.51. The molecule has 0 saturated heterocycles. The number of halogens is 1. The van der Waals surface area contributed by atoms with E-state index in [4.69, 9.17) is 9.41 Å². The first-order valence-corrected chi connectivity index (χ1v) is 19.0. The zero-order valence-corrected chi connectivity index (χ0v) is 27.8. The predicted octanol–water partition coefficient (Wildman–Crippen LogP) is 6.75. The summed E-state index contributed by atoms with van der Waals surface area (Å²) in [7, 11) is -6.45. The Hall–Kier alpha value is -3.02. The number of aromatic nitrogens is 1. The fraction of sp³-hybridized carbons (Fsp3) is 0.500.